The third kappa shape index (κ3) is 2.24. The van der Waals surface area contributed by atoms with E-state index in [1.807, 2.05) is 11.8 Å². The van der Waals surface area contributed by atoms with E-state index >= 15 is 0 Å². The van der Waals surface area contributed by atoms with Gasteiger partial charge in [-0.05, 0) is 13.3 Å². The number of rotatable bonds is 3. The van der Waals surface area contributed by atoms with Gasteiger partial charge in [-0.15, -0.1) is 10.2 Å². The maximum atomic E-state index is 3.96. The van der Waals surface area contributed by atoms with Crippen LogP contribution in [0, 0.1) is 0 Å². The first-order valence-corrected chi connectivity index (χ1v) is 5.91. The summed E-state index contributed by atoms with van der Waals surface area (Å²) in [5.74, 6) is 1.93. The fourth-order valence-electron chi connectivity index (χ4n) is 1.71. The van der Waals surface area contributed by atoms with Crippen LogP contribution in [0.5, 0.6) is 0 Å². The lowest BCUT2D eigenvalue weighted by Crippen LogP contribution is -2.32. The van der Waals surface area contributed by atoms with Crippen molar-refractivity contribution in [3.05, 3.63) is 5.82 Å². The third-order valence-electron chi connectivity index (χ3n) is 2.43. The minimum atomic E-state index is 0.185. The smallest absolute Gasteiger partial charge is 0.191 e. The molecule has 0 radical (unpaired) electrons. The molecule has 0 bridgehead atoms. The maximum Gasteiger partial charge on any atom is 0.191 e. The number of nitrogens with zero attached hydrogens (tertiary/aromatic N) is 3. The second-order valence-corrected chi connectivity index (χ2v) is 5.21. The standard InChI is InChI=1S/C8H15N5S/c1-5-3-7(4-14-5)9-6(2)8-10-12-13-11-8/h5-7,9H,3-4H2,1-2H3,(H,10,11,12,13). The number of thioether (sulfide) groups is 1. The van der Waals surface area contributed by atoms with Crippen LogP contribution in [0.15, 0.2) is 0 Å². The van der Waals surface area contributed by atoms with Gasteiger partial charge in [-0.25, -0.2) is 0 Å². The van der Waals surface area contributed by atoms with Crippen LogP contribution in [-0.4, -0.2) is 37.7 Å². The number of nitrogens with one attached hydrogen (secondary N) is 2. The normalized spacial score (nSPS) is 29.3. The molecule has 5 nitrogen and oxygen atoms in total. The summed E-state index contributed by atoms with van der Waals surface area (Å²) in [5, 5.41) is 18.2. The number of aromatic nitrogens is 4. The first kappa shape index (κ1) is 9.92. The van der Waals surface area contributed by atoms with Crippen molar-refractivity contribution in [2.45, 2.75) is 37.6 Å². The van der Waals surface area contributed by atoms with E-state index in [1.54, 1.807) is 0 Å². The zero-order chi connectivity index (χ0) is 9.97. The summed E-state index contributed by atoms with van der Waals surface area (Å²) in [6.45, 7) is 4.34. The van der Waals surface area contributed by atoms with Gasteiger partial charge in [0.1, 0.15) is 0 Å². The van der Waals surface area contributed by atoms with Crippen molar-refractivity contribution in [3.63, 3.8) is 0 Å². The minimum absolute atomic E-state index is 0.185. The van der Waals surface area contributed by atoms with Gasteiger partial charge in [-0.3, -0.25) is 0 Å². The predicted molar refractivity (Wildman–Crippen MR) is 56.1 cm³/mol. The lowest BCUT2D eigenvalue weighted by molar-refractivity contribution is 0.459. The van der Waals surface area contributed by atoms with Crippen molar-refractivity contribution in [2.75, 3.05) is 5.75 Å². The number of H-pyrrole nitrogens is 1. The van der Waals surface area contributed by atoms with Crippen molar-refractivity contribution in [1.29, 1.82) is 0 Å². The summed E-state index contributed by atoms with van der Waals surface area (Å²) in [6.07, 6.45) is 1.23. The van der Waals surface area contributed by atoms with Crippen LogP contribution in [0.1, 0.15) is 32.1 Å². The highest BCUT2D eigenvalue weighted by Crippen LogP contribution is 2.27. The predicted octanol–water partition coefficient (Wildman–Crippen LogP) is 0.744. The minimum Gasteiger partial charge on any atom is -0.304 e. The highest BCUT2D eigenvalue weighted by atomic mass is 32.2. The number of hydrogen-bond donors (Lipinski definition) is 2. The third-order valence-corrected chi connectivity index (χ3v) is 3.79. The van der Waals surface area contributed by atoms with Gasteiger partial charge in [0, 0.05) is 17.0 Å². The quantitative estimate of drug-likeness (QED) is 0.775. The Morgan fingerprint density at radius 2 is 2.50 bits per heavy atom. The summed E-state index contributed by atoms with van der Waals surface area (Å²) in [7, 11) is 0. The molecular formula is C8H15N5S. The molecule has 1 aromatic rings. The lowest BCUT2D eigenvalue weighted by Gasteiger charge is -2.15. The van der Waals surface area contributed by atoms with Crippen molar-refractivity contribution in [2.24, 2.45) is 0 Å². The van der Waals surface area contributed by atoms with Crippen molar-refractivity contribution >= 4 is 11.8 Å². The van der Waals surface area contributed by atoms with Crippen LogP contribution in [0.3, 0.4) is 0 Å². The van der Waals surface area contributed by atoms with Gasteiger partial charge in [-0.1, -0.05) is 12.1 Å². The van der Waals surface area contributed by atoms with E-state index in [1.165, 1.54) is 12.2 Å². The van der Waals surface area contributed by atoms with Crippen LogP contribution < -0.4 is 5.32 Å². The Kier molecular flexibility index (Phi) is 3.02. The first-order chi connectivity index (χ1) is 6.75. The van der Waals surface area contributed by atoms with Gasteiger partial charge < -0.3 is 5.32 Å². The van der Waals surface area contributed by atoms with Crippen LogP contribution in [0.25, 0.3) is 0 Å². The summed E-state index contributed by atoms with van der Waals surface area (Å²) in [4.78, 5) is 0. The SMILES string of the molecule is CC1CC(NC(C)c2nn[nH]n2)CS1. The molecule has 1 aromatic heterocycles. The van der Waals surface area contributed by atoms with E-state index in [0.717, 1.165) is 11.1 Å². The summed E-state index contributed by atoms with van der Waals surface area (Å²) >= 11 is 2.02. The van der Waals surface area contributed by atoms with Crippen LogP contribution in [-0.2, 0) is 0 Å². The van der Waals surface area contributed by atoms with Crippen molar-refractivity contribution < 1.29 is 0 Å². The second kappa shape index (κ2) is 4.27. The molecule has 0 aliphatic carbocycles. The van der Waals surface area contributed by atoms with Gasteiger partial charge >= 0.3 is 0 Å². The van der Waals surface area contributed by atoms with Gasteiger partial charge in [-0.2, -0.15) is 17.0 Å². The Hall–Kier alpha value is -0.620. The zero-order valence-electron chi connectivity index (χ0n) is 8.40. The monoisotopic (exact) mass is 213 g/mol. The number of aromatic amines is 1. The summed E-state index contributed by atoms with van der Waals surface area (Å²) in [6, 6.07) is 0.771. The van der Waals surface area contributed by atoms with E-state index in [2.05, 4.69) is 39.8 Å². The average molecular weight is 213 g/mol. The van der Waals surface area contributed by atoms with E-state index in [-0.39, 0.29) is 6.04 Å². The van der Waals surface area contributed by atoms with E-state index in [9.17, 15) is 0 Å². The maximum absolute atomic E-state index is 3.96. The fraction of sp³-hybridized carbons (Fsp3) is 0.875. The largest absolute Gasteiger partial charge is 0.304 e. The molecule has 0 amide bonds. The zero-order valence-corrected chi connectivity index (χ0v) is 9.21. The molecule has 6 heteroatoms. The lowest BCUT2D eigenvalue weighted by atomic mass is 10.1. The molecule has 1 aliphatic heterocycles. The Bertz CT molecular complexity index is 275. The van der Waals surface area contributed by atoms with Crippen molar-refractivity contribution in [3.8, 4) is 0 Å². The van der Waals surface area contributed by atoms with E-state index < -0.39 is 0 Å². The first-order valence-electron chi connectivity index (χ1n) is 4.86. The Balaban J connectivity index is 1.86. The molecule has 2 heterocycles. The van der Waals surface area contributed by atoms with Crippen LogP contribution in [0.4, 0.5) is 0 Å². The van der Waals surface area contributed by atoms with Gasteiger partial charge in [0.2, 0.25) is 0 Å². The highest BCUT2D eigenvalue weighted by Gasteiger charge is 2.24. The summed E-state index contributed by atoms with van der Waals surface area (Å²) in [5.41, 5.74) is 0. The van der Waals surface area contributed by atoms with Gasteiger partial charge in [0.15, 0.2) is 5.82 Å². The van der Waals surface area contributed by atoms with Crippen molar-refractivity contribution in [1.82, 2.24) is 25.9 Å². The van der Waals surface area contributed by atoms with Crippen LogP contribution >= 0.6 is 11.8 Å². The average Bonchev–Trinajstić information content (AvgIpc) is 2.75. The molecule has 3 atom stereocenters. The molecule has 1 saturated heterocycles. The highest BCUT2D eigenvalue weighted by molar-refractivity contribution is 8.00. The Labute approximate surface area is 87.4 Å². The molecule has 0 saturated carbocycles. The second-order valence-electron chi connectivity index (χ2n) is 3.73. The molecule has 1 fully saturated rings. The molecule has 3 unspecified atom stereocenters. The fourth-order valence-corrected chi connectivity index (χ4v) is 2.88. The molecule has 1 aliphatic rings. The van der Waals surface area contributed by atoms with Crippen LogP contribution in [0.2, 0.25) is 0 Å². The van der Waals surface area contributed by atoms with E-state index in [4.69, 9.17) is 0 Å². The topological polar surface area (TPSA) is 66.5 Å². The van der Waals surface area contributed by atoms with Gasteiger partial charge in [0.05, 0.1) is 6.04 Å². The molecule has 2 N–H and O–H groups in total. The molecule has 2 rings (SSSR count). The molecule has 0 spiro atoms. The molecule has 78 valence electrons. The Morgan fingerprint density at radius 3 is 3.07 bits per heavy atom. The van der Waals surface area contributed by atoms with E-state index in [0.29, 0.717) is 6.04 Å². The number of hydrogen-bond acceptors (Lipinski definition) is 5. The summed E-state index contributed by atoms with van der Waals surface area (Å²) < 4.78 is 0. The van der Waals surface area contributed by atoms with Gasteiger partial charge in [0.25, 0.3) is 0 Å². The molecular weight excluding hydrogens is 198 g/mol. The molecule has 0 aromatic carbocycles. The molecule has 14 heavy (non-hydrogen) atoms. The number of tetrazole rings is 1. The Morgan fingerprint density at radius 1 is 1.64 bits per heavy atom.